The van der Waals surface area contributed by atoms with Crippen molar-refractivity contribution >= 4 is 5.97 Å². The molecule has 0 aliphatic heterocycles. The Labute approximate surface area is 197 Å². The average Bonchev–Trinajstić information content (AvgIpc) is 3.08. The van der Waals surface area contributed by atoms with E-state index in [1.807, 2.05) is 0 Å². The summed E-state index contributed by atoms with van der Waals surface area (Å²) in [5.41, 5.74) is 4.00. The molecule has 0 aromatic carbocycles. The van der Waals surface area contributed by atoms with Crippen LogP contribution in [0.1, 0.15) is 93.4 Å². The first-order chi connectivity index (χ1) is 15.1. The first kappa shape index (κ1) is 23.8. The summed E-state index contributed by atoms with van der Waals surface area (Å²) in [5.74, 6) is 3.98. The van der Waals surface area contributed by atoms with Crippen LogP contribution < -0.4 is 0 Å². The number of carbonyl (C=O) groups excluding carboxylic acids is 1. The van der Waals surface area contributed by atoms with Gasteiger partial charge in [0.05, 0.1) is 0 Å². The van der Waals surface area contributed by atoms with Gasteiger partial charge in [-0.05, 0) is 102 Å². The lowest BCUT2D eigenvalue weighted by molar-refractivity contribution is -0.150. The Kier molecular flexibility index (Phi) is 6.56. The van der Waals surface area contributed by atoms with Gasteiger partial charge >= 0.3 is 5.97 Å². The van der Waals surface area contributed by atoms with Crippen LogP contribution in [0.15, 0.2) is 35.5 Å². The van der Waals surface area contributed by atoms with Crippen LogP contribution in [0.25, 0.3) is 0 Å². The van der Waals surface area contributed by atoms with Gasteiger partial charge < -0.3 is 4.74 Å². The molecule has 0 radical (unpaired) electrons. The molecule has 0 N–H and O–H groups in total. The minimum absolute atomic E-state index is 0.117. The predicted octanol–water partition coefficient (Wildman–Crippen LogP) is 7.90. The van der Waals surface area contributed by atoms with E-state index in [1.165, 1.54) is 19.3 Å². The molecule has 0 bridgehead atoms. The zero-order valence-corrected chi connectivity index (χ0v) is 21.6. The van der Waals surface area contributed by atoms with E-state index in [2.05, 4.69) is 65.8 Å². The molecule has 2 heteroatoms. The Morgan fingerprint density at radius 2 is 1.84 bits per heavy atom. The minimum atomic E-state index is -0.124. The SMILES string of the molecule is CC(=O)O[C@@H]1CC[C@]2(C)C3=CC[C@]4(C)[C@H](CC[C@@H]4[C@H](C)/C=C/[C@H](C)C(C)C)C3=CC[C@H]2C1. The highest BCUT2D eigenvalue weighted by Gasteiger charge is 2.55. The second-order valence-corrected chi connectivity index (χ2v) is 12.4. The zero-order valence-electron chi connectivity index (χ0n) is 21.6. The number of allylic oxidation sites excluding steroid dienone is 6. The molecule has 0 aromatic rings. The minimum Gasteiger partial charge on any atom is -0.463 e. The summed E-state index contributed by atoms with van der Waals surface area (Å²) in [6.07, 6.45) is 18.6. The van der Waals surface area contributed by atoms with Gasteiger partial charge in [-0.3, -0.25) is 4.79 Å². The monoisotopic (exact) mass is 438 g/mol. The molecular weight excluding hydrogens is 392 g/mol. The zero-order chi connectivity index (χ0) is 23.3. The smallest absolute Gasteiger partial charge is 0.302 e. The summed E-state index contributed by atoms with van der Waals surface area (Å²) in [5, 5.41) is 0. The summed E-state index contributed by atoms with van der Waals surface area (Å²) in [4.78, 5) is 11.5. The van der Waals surface area contributed by atoms with E-state index in [1.54, 1.807) is 18.1 Å². The van der Waals surface area contributed by atoms with Crippen molar-refractivity contribution in [1.82, 2.24) is 0 Å². The maximum Gasteiger partial charge on any atom is 0.302 e. The van der Waals surface area contributed by atoms with Gasteiger partial charge in [-0.15, -0.1) is 0 Å². The number of esters is 1. The van der Waals surface area contributed by atoms with Crippen LogP contribution in [0, 0.1) is 46.3 Å². The molecule has 0 heterocycles. The standard InChI is InChI=1S/C30H46O2/c1-19(2)20(3)8-9-21(4)26-12-13-27-25-11-10-23-18-24(32-22(5)31)14-16-29(23,6)28(25)15-17-30(26,27)7/h8-9,11,15,19-21,23-24,26-27H,10,12-14,16-18H2,1-7H3/b9-8+/t20-,21+,23-,24+,26+,27+,29-,30-/m0/s1. The summed E-state index contributed by atoms with van der Waals surface area (Å²) in [6.45, 7) is 16.1. The lowest BCUT2D eigenvalue weighted by Crippen LogP contribution is -2.45. The van der Waals surface area contributed by atoms with Crippen molar-refractivity contribution in [3.63, 3.8) is 0 Å². The van der Waals surface area contributed by atoms with E-state index < -0.39 is 0 Å². The second kappa shape index (κ2) is 8.80. The highest BCUT2D eigenvalue weighted by molar-refractivity contribution is 5.66. The Morgan fingerprint density at radius 1 is 1.09 bits per heavy atom. The van der Waals surface area contributed by atoms with Crippen molar-refractivity contribution < 1.29 is 9.53 Å². The maximum absolute atomic E-state index is 11.5. The fraction of sp³-hybridized carbons (Fsp3) is 0.767. The van der Waals surface area contributed by atoms with Crippen LogP contribution in [0.3, 0.4) is 0 Å². The van der Waals surface area contributed by atoms with Crippen molar-refractivity contribution in [1.29, 1.82) is 0 Å². The molecule has 0 aromatic heterocycles. The van der Waals surface area contributed by atoms with Gasteiger partial charge in [-0.2, -0.15) is 0 Å². The largest absolute Gasteiger partial charge is 0.463 e. The van der Waals surface area contributed by atoms with E-state index in [0.717, 1.165) is 37.5 Å². The summed E-state index contributed by atoms with van der Waals surface area (Å²) in [7, 11) is 0. The second-order valence-electron chi connectivity index (χ2n) is 12.4. The lowest BCUT2D eigenvalue weighted by Gasteiger charge is -2.53. The van der Waals surface area contributed by atoms with E-state index in [9.17, 15) is 4.79 Å². The van der Waals surface area contributed by atoms with Gasteiger partial charge in [0.15, 0.2) is 0 Å². The number of ether oxygens (including phenoxy) is 1. The first-order valence-electron chi connectivity index (χ1n) is 13.3. The van der Waals surface area contributed by atoms with Gasteiger partial charge in [0.2, 0.25) is 0 Å². The number of carbonyl (C=O) groups is 1. The molecule has 0 saturated heterocycles. The average molecular weight is 439 g/mol. The molecule has 178 valence electrons. The van der Waals surface area contributed by atoms with Crippen LogP contribution in [0.4, 0.5) is 0 Å². The molecule has 2 nitrogen and oxygen atoms in total. The topological polar surface area (TPSA) is 26.3 Å². The Morgan fingerprint density at radius 3 is 2.53 bits per heavy atom. The third-order valence-corrected chi connectivity index (χ3v) is 10.3. The number of hydrogen-bond acceptors (Lipinski definition) is 2. The molecule has 32 heavy (non-hydrogen) atoms. The van der Waals surface area contributed by atoms with E-state index in [-0.39, 0.29) is 17.5 Å². The van der Waals surface area contributed by atoms with Crippen molar-refractivity contribution in [2.24, 2.45) is 46.3 Å². The molecule has 4 aliphatic rings. The number of hydrogen-bond donors (Lipinski definition) is 0. The fourth-order valence-corrected chi connectivity index (χ4v) is 7.76. The summed E-state index contributed by atoms with van der Waals surface area (Å²) in [6, 6.07) is 0. The quantitative estimate of drug-likeness (QED) is 0.322. The van der Waals surface area contributed by atoms with E-state index in [4.69, 9.17) is 4.74 Å². The fourth-order valence-electron chi connectivity index (χ4n) is 7.76. The molecule has 8 atom stereocenters. The Bertz CT molecular complexity index is 817. The van der Waals surface area contributed by atoms with Gasteiger partial charge in [-0.1, -0.05) is 65.8 Å². The van der Waals surface area contributed by atoms with Crippen molar-refractivity contribution in [3.8, 4) is 0 Å². The molecule has 2 fully saturated rings. The lowest BCUT2D eigenvalue weighted by atomic mass is 9.51. The molecule has 4 rings (SSSR count). The first-order valence-corrected chi connectivity index (χ1v) is 13.3. The van der Waals surface area contributed by atoms with Crippen LogP contribution in [0.5, 0.6) is 0 Å². The van der Waals surface area contributed by atoms with Gasteiger partial charge in [0.25, 0.3) is 0 Å². The molecule has 0 amide bonds. The van der Waals surface area contributed by atoms with Crippen LogP contribution >= 0.6 is 0 Å². The van der Waals surface area contributed by atoms with Crippen LogP contribution in [0.2, 0.25) is 0 Å². The highest BCUT2D eigenvalue weighted by atomic mass is 16.5. The van der Waals surface area contributed by atoms with Crippen molar-refractivity contribution in [3.05, 3.63) is 35.5 Å². The number of fused-ring (bicyclic) bond motifs is 5. The molecule has 4 aliphatic carbocycles. The van der Waals surface area contributed by atoms with Crippen LogP contribution in [-0.2, 0) is 9.53 Å². The summed E-state index contributed by atoms with van der Waals surface area (Å²) >= 11 is 0. The third-order valence-electron chi connectivity index (χ3n) is 10.3. The van der Waals surface area contributed by atoms with Gasteiger partial charge in [0.1, 0.15) is 6.10 Å². The predicted molar refractivity (Wildman–Crippen MR) is 133 cm³/mol. The van der Waals surface area contributed by atoms with E-state index >= 15 is 0 Å². The molecule has 0 unspecified atom stereocenters. The Hall–Kier alpha value is -1.31. The maximum atomic E-state index is 11.5. The van der Waals surface area contributed by atoms with E-state index in [0.29, 0.717) is 29.1 Å². The van der Waals surface area contributed by atoms with Gasteiger partial charge in [-0.25, -0.2) is 0 Å². The molecule has 0 spiro atoms. The number of rotatable bonds is 5. The highest BCUT2D eigenvalue weighted by Crippen LogP contribution is 2.64. The van der Waals surface area contributed by atoms with Gasteiger partial charge in [0, 0.05) is 6.92 Å². The van der Waals surface area contributed by atoms with Crippen LogP contribution in [-0.4, -0.2) is 12.1 Å². The molecule has 2 saturated carbocycles. The van der Waals surface area contributed by atoms with Crippen molar-refractivity contribution in [2.45, 2.75) is 99.5 Å². The molecular formula is C30H46O2. The normalized spacial score (nSPS) is 40.8. The summed E-state index contributed by atoms with van der Waals surface area (Å²) < 4.78 is 5.62. The Balaban J connectivity index is 1.54. The van der Waals surface area contributed by atoms with Crippen molar-refractivity contribution in [2.75, 3.05) is 0 Å². The third kappa shape index (κ3) is 4.05.